The Morgan fingerprint density at radius 3 is 2.64 bits per heavy atom. The third kappa shape index (κ3) is 1.43. The van der Waals surface area contributed by atoms with Crippen LogP contribution in [0.3, 0.4) is 0 Å². The first-order valence-corrected chi connectivity index (χ1v) is 2.75. The van der Waals surface area contributed by atoms with E-state index in [2.05, 4.69) is 4.84 Å². The second-order valence-electron chi connectivity index (χ2n) is 1.81. The van der Waals surface area contributed by atoms with Gasteiger partial charge in [0, 0.05) is 20.4 Å². The van der Waals surface area contributed by atoms with Crippen LogP contribution >= 0.6 is 0 Å². The SMILES string of the molecule is [2H]CC(=O)On1c(O)ccc1O. The first-order chi connectivity index (χ1) is 5.65. The Balaban J connectivity index is 2.80. The summed E-state index contributed by atoms with van der Waals surface area (Å²) in [4.78, 5) is 14.9. The van der Waals surface area contributed by atoms with Crippen LogP contribution in [0, 0.1) is 0 Å². The molecule has 0 aliphatic rings. The van der Waals surface area contributed by atoms with Crippen molar-refractivity contribution < 1.29 is 21.2 Å². The average Bonchev–Trinajstić information content (AvgIpc) is 2.35. The molecular weight excluding hydrogens is 150 g/mol. The molecule has 5 heteroatoms. The molecule has 0 saturated carbocycles. The number of hydrogen-bond acceptors (Lipinski definition) is 4. The zero-order valence-electron chi connectivity index (χ0n) is 6.52. The number of rotatable bonds is 1. The van der Waals surface area contributed by atoms with E-state index in [-0.39, 0.29) is 0 Å². The first-order valence-electron chi connectivity index (χ1n) is 3.46. The van der Waals surface area contributed by atoms with Gasteiger partial charge >= 0.3 is 5.97 Å². The number of carbonyl (C=O) groups is 1. The van der Waals surface area contributed by atoms with Crippen molar-refractivity contribution in [3.8, 4) is 11.8 Å². The molecule has 0 saturated heterocycles. The van der Waals surface area contributed by atoms with E-state index in [0.29, 0.717) is 4.73 Å². The van der Waals surface area contributed by atoms with E-state index in [1.807, 2.05) is 0 Å². The molecule has 1 aromatic heterocycles. The highest BCUT2D eigenvalue weighted by molar-refractivity contribution is 5.66. The molecule has 0 bridgehead atoms. The van der Waals surface area contributed by atoms with Crippen LogP contribution in [0.2, 0.25) is 0 Å². The fourth-order valence-corrected chi connectivity index (χ4v) is 0.597. The summed E-state index contributed by atoms with van der Waals surface area (Å²) >= 11 is 0. The average molecular weight is 158 g/mol. The van der Waals surface area contributed by atoms with Crippen molar-refractivity contribution in [1.82, 2.24) is 4.73 Å². The Kier molecular flexibility index (Phi) is 1.40. The lowest BCUT2D eigenvalue weighted by Crippen LogP contribution is -2.15. The molecule has 60 valence electrons. The molecule has 0 spiro atoms. The monoisotopic (exact) mass is 158 g/mol. The van der Waals surface area contributed by atoms with Crippen molar-refractivity contribution in [3.05, 3.63) is 12.1 Å². The normalized spacial score (nSPS) is 10.7. The largest absolute Gasteiger partial charge is 0.492 e. The van der Waals surface area contributed by atoms with E-state index in [4.69, 9.17) is 11.6 Å². The number of nitrogens with zero attached hydrogens (tertiary/aromatic N) is 1. The van der Waals surface area contributed by atoms with Crippen LogP contribution in [0.25, 0.3) is 0 Å². The molecule has 5 nitrogen and oxygen atoms in total. The van der Waals surface area contributed by atoms with E-state index < -0.39 is 24.6 Å². The lowest BCUT2D eigenvalue weighted by atomic mass is 10.6. The predicted octanol–water partition coefficient (Wildman–Crippen LogP) is -0.126. The Hall–Kier alpha value is -1.65. The lowest BCUT2D eigenvalue weighted by molar-refractivity contribution is -0.142. The number of aromatic nitrogens is 1. The number of carbonyl (C=O) groups excluding carboxylic acids is 1. The van der Waals surface area contributed by atoms with Crippen molar-refractivity contribution in [2.75, 3.05) is 0 Å². The second kappa shape index (κ2) is 2.53. The fourth-order valence-electron chi connectivity index (χ4n) is 0.597. The van der Waals surface area contributed by atoms with Gasteiger partial charge in [0.2, 0.25) is 11.8 Å². The Morgan fingerprint density at radius 1 is 1.64 bits per heavy atom. The quantitative estimate of drug-likeness (QED) is 0.597. The van der Waals surface area contributed by atoms with Crippen molar-refractivity contribution in [1.29, 1.82) is 0 Å². The van der Waals surface area contributed by atoms with Gasteiger partial charge in [-0.25, -0.2) is 4.79 Å². The van der Waals surface area contributed by atoms with Gasteiger partial charge in [-0.2, -0.15) is 0 Å². The molecule has 11 heavy (non-hydrogen) atoms. The minimum Gasteiger partial charge on any atom is -0.492 e. The third-order valence-electron chi connectivity index (χ3n) is 0.991. The van der Waals surface area contributed by atoms with Gasteiger partial charge in [0.1, 0.15) is 0 Å². The van der Waals surface area contributed by atoms with Crippen molar-refractivity contribution in [2.24, 2.45) is 0 Å². The summed E-state index contributed by atoms with van der Waals surface area (Å²) in [6.45, 7) is -0.572. The maximum atomic E-state index is 10.5. The van der Waals surface area contributed by atoms with Crippen molar-refractivity contribution in [2.45, 2.75) is 6.90 Å². The minimum absolute atomic E-state index is 0.394. The van der Waals surface area contributed by atoms with Crippen LogP contribution in [0.4, 0.5) is 0 Å². The van der Waals surface area contributed by atoms with E-state index >= 15 is 0 Å². The first kappa shape index (κ1) is 6.09. The van der Waals surface area contributed by atoms with Crippen LogP contribution in [0.15, 0.2) is 12.1 Å². The van der Waals surface area contributed by atoms with Gasteiger partial charge < -0.3 is 15.1 Å². The zero-order chi connectivity index (χ0) is 9.14. The Morgan fingerprint density at radius 2 is 2.18 bits per heavy atom. The molecule has 1 rings (SSSR count). The number of hydrogen-bond donors (Lipinski definition) is 2. The fraction of sp³-hybridized carbons (Fsp3) is 0.167. The maximum Gasteiger partial charge on any atom is 0.330 e. The number of aromatic hydroxyl groups is 2. The van der Waals surface area contributed by atoms with Gasteiger partial charge in [-0.1, -0.05) is 0 Å². The van der Waals surface area contributed by atoms with E-state index in [9.17, 15) is 4.79 Å². The molecule has 0 aromatic carbocycles. The van der Waals surface area contributed by atoms with Gasteiger partial charge in [-0.15, -0.1) is 4.73 Å². The molecule has 0 aliphatic heterocycles. The summed E-state index contributed by atoms with van der Waals surface area (Å²) < 4.78 is 7.14. The topological polar surface area (TPSA) is 71.7 Å². The van der Waals surface area contributed by atoms with Gasteiger partial charge in [0.15, 0.2) is 0 Å². The van der Waals surface area contributed by atoms with E-state index in [0.717, 1.165) is 12.1 Å². The summed E-state index contributed by atoms with van der Waals surface area (Å²) in [5.41, 5.74) is 0. The van der Waals surface area contributed by atoms with Crippen LogP contribution in [0.5, 0.6) is 11.8 Å². The molecular formula is C6H7NO4. The smallest absolute Gasteiger partial charge is 0.330 e. The zero-order valence-corrected chi connectivity index (χ0v) is 5.52. The Labute approximate surface area is 63.8 Å². The molecule has 1 aromatic rings. The third-order valence-corrected chi connectivity index (χ3v) is 0.991. The highest BCUT2D eigenvalue weighted by Gasteiger charge is 2.07. The van der Waals surface area contributed by atoms with Gasteiger partial charge in [0.25, 0.3) is 0 Å². The molecule has 0 atom stereocenters. The summed E-state index contributed by atoms with van der Waals surface area (Å²) in [6, 6.07) is 2.32. The molecule has 1 heterocycles. The standard InChI is InChI=1S/C6H7NO4/c1-4(8)11-7-5(9)2-3-6(7)10/h2-3,9-10H,1H3/i1D. The molecule has 0 amide bonds. The highest BCUT2D eigenvalue weighted by atomic mass is 16.7. The summed E-state index contributed by atoms with van der Waals surface area (Å²) in [7, 11) is 0. The van der Waals surface area contributed by atoms with Crippen LogP contribution < -0.4 is 4.84 Å². The maximum absolute atomic E-state index is 10.5. The highest BCUT2D eigenvalue weighted by Crippen LogP contribution is 2.18. The van der Waals surface area contributed by atoms with Gasteiger partial charge in [0.05, 0.1) is 0 Å². The van der Waals surface area contributed by atoms with E-state index in [1.54, 1.807) is 0 Å². The summed E-state index contributed by atoms with van der Waals surface area (Å²) in [6.07, 6.45) is 0. The van der Waals surface area contributed by atoms with Gasteiger partial charge in [-0.05, 0) is 0 Å². The molecule has 0 radical (unpaired) electrons. The van der Waals surface area contributed by atoms with Crippen molar-refractivity contribution in [3.63, 3.8) is 0 Å². The minimum atomic E-state index is -0.864. The van der Waals surface area contributed by atoms with Crippen LogP contribution in [-0.4, -0.2) is 20.9 Å². The molecule has 0 fully saturated rings. The predicted molar refractivity (Wildman–Crippen MR) is 35.0 cm³/mol. The van der Waals surface area contributed by atoms with Crippen molar-refractivity contribution >= 4 is 5.97 Å². The van der Waals surface area contributed by atoms with Crippen LogP contribution in [-0.2, 0) is 4.79 Å². The lowest BCUT2D eigenvalue weighted by Gasteiger charge is -2.02. The summed E-state index contributed by atoms with van der Waals surface area (Å²) in [5.74, 6) is -1.65. The van der Waals surface area contributed by atoms with E-state index in [1.165, 1.54) is 0 Å². The molecule has 0 unspecified atom stereocenters. The second-order valence-corrected chi connectivity index (χ2v) is 1.81. The molecule has 2 N–H and O–H groups in total. The molecule has 0 aliphatic carbocycles. The summed E-state index contributed by atoms with van der Waals surface area (Å²) in [5, 5.41) is 17.9. The Bertz CT molecular complexity index is 276. The van der Waals surface area contributed by atoms with Gasteiger partial charge in [-0.3, -0.25) is 0 Å². The van der Waals surface area contributed by atoms with Crippen LogP contribution in [0.1, 0.15) is 8.27 Å².